The molecule has 1 unspecified atom stereocenters. The van der Waals surface area contributed by atoms with E-state index in [0.717, 1.165) is 33.3 Å². The van der Waals surface area contributed by atoms with Gasteiger partial charge in [0.15, 0.2) is 9.84 Å². The lowest BCUT2D eigenvalue weighted by atomic mass is 9.90. The van der Waals surface area contributed by atoms with E-state index in [-0.39, 0.29) is 10.8 Å². The number of nitrogens with one attached hydrogen (secondary N) is 1. The third-order valence-electron chi connectivity index (χ3n) is 6.70. The minimum atomic E-state index is -3.51. The van der Waals surface area contributed by atoms with E-state index >= 15 is 0 Å². The number of para-hydroxylation sites is 1. The number of sulfone groups is 1. The first-order valence-corrected chi connectivity index (χ1v) is 13.4. The van der Waals surface area contributed by atoms with Crippen LogP contribution in [-0.4, -0.2) is 40.1 Å². The summed E-state index contributed by atoms with van der Waals surface area (Å²) in [6.45, 7) is 3.92. The molecule has 10 heteroatoms. The Hall–Kier alpha value is -4.57. The molecule has 0 aliphatic carbocycles. The molecule has 5 aromatic rings. The molecule has 1 atom stereocenters. The Labute approximate surface area is 212 Å². The van der Waals surface area contributed by atoms with Gasteiger partial charge >= 0.3 is 0 Å². The summed E-state index contributed by atoms with van der Waals surface area (Å²) in [4.78, 5) is 25.9. The molecule has 1 aliphatic rings. The highest BCUT2D eigenvalue weighted by molar-refractivity contribution is 7.90. The van der Waals surface area contributed by atoms with Gasteiger partial charge in [-0.15, -0.1) is 0 Å². The maximum Gasteiger partial charge on any atom is 0.243 e. The summed E-state index contributed by atoms with van der Waals surface area (Å²) in [5, 5.41) is 4.55. The molecule has 0 saturated heterocycles. The SMILES string of the molecule is C=CC(=O)NC1Cn2c(c(-c3cnc4ccccc4c3)c3c(N)ncnc32)-c2cc(S(C)(=O)=O)ccc21. The van der Waals surface area contributed by atoms with Gasteiger partial charge in [0, 0.05) is 41.1 Å². The van der Waals surface area contributed by atoms with Gasteiger partial charge in [0.05, 0.1) is 27.5 Å². The number of nitrogens with zero attached hydrogens (tertiary/aromatic N) is 4. The number of aromatic nitrogens is 4. The van der Waals surface area contributed by atoms with E-state index in [1.807, 2.05) is 34.9 Å². The van der Waals surface area contributed by atoms with Gasteiger partial charge in [-0.1, -0.05) is 30.8 Å². The molecule has 1 aliphatic heterocycles. The Balaban J connectivity index is 1.72. The fraction of sp³-hybridized carbons (Fsp3) is 0.111. The normalized spacial score (nSPS) is 14.8. The van der Waals surface area contributed by atoms with E-state index < -0.39 is 15.9 Å². The first kappa shape index (κ1) is 22.9. The number of hydrogen-bond acceptors (Lipinski definition) is 7. The Morgan fingerprint density at radius 1 is 1.16 bits per heavy atom. The number of fused-ring (bicyclic) bond motifs is 6. The summed E-state index contributed by atoms with van der Waals surface area (Å²) in [6.07, 6.45) is 5.55. The van der Waals surface area contributed by atoms with Crippen molar-refractivity contribution in [3.8, 4) is 22.4 Å². The van der Waals surface area contributed by atoms with Gasteiger partial charge < -0.3 is 15.6 Å². The van der Waals surface area contributed by atoms with Crippen LogP contribution in [0.3, 0.4) is 0 Å². The number of nitrogens with two attached hydrogens (primary N) is 1. The van der Waals surface area contributed by atoms with Crippen LogP contribution in [0.1, 0.15) is 11.6 Å². The fourth-order valence-electron chi connectivity index (χ4n) is 5.05. The molecule has 37 heavy (non-hydrogen) atoms. The van der Waals surface area contributed by atoms with E-state index in [2.05, 4.69) is 26.8 Å². The Bertz CT molecular complexity index is 1880. The molecule has 0 radical (unpaired) electrons. The van der Waals surface area contributed by atoms with Gasteiger partial charge in [-0.3, -0.25) is 9.78 Å². The summed E-state index contributed by atoms with van der Waals surface area (Å²) in [6, 6.07) is 14.3. The van der Waals surface area contributed by atoms with Crippen LogP contribution in [0.15, 0.2) is 78.6 Å². The molecule has 3 N–H and O–H groups in total. The first-order valence-electron chi connectivity index (χ1n) is 11.5. The molecule has 0 fully saturated rings. The van der Waals surface area contributed by atoms with E-state index in [1.54, 1.807) is 24.4 Å². The number of benzene rings is 2. The molecule has 9 nitrogen and oxygen atoms in total. The Morgan fingerprint density at radius 3 is 2.76 bits per heavy atom. The minimum absolute atomic E-state index is 0.167. The topological polar surface area (TPSA) is 133 Å². The van der Waals surface area contributed by atoms with Crippen LogP contribution in [0.25, 0.3) is 44.3 Å². The van der Waals surface area contributed by atoms with Gasteiger partial charge in [0.2, 0.25) is 5.91 Å². The molecule has 2 aromatic carbocycles. The van der Waals surface area contributed by atoms with Crippen LogP contribution in [0.2, 0.25) is 0 Å². The van der Waals surface area contributed by atoms with Crippen molar-refractivity contribution in [3.05, 3.63) is 79.3 Å². The van der Waals surface area contributed by atoms with Crippen molar-refractivity contribution in [1.29, 1.82) is 0 Å². The average Bonchev–Trinajstić information content (AvgIpc) is 3.23. The smallest absolute Gasteiger partial charge is 0.243 e. The van der Waals surface area contributed by atoms with Crippen molar-refractivity contribution in [2.45, 2.75) is 17.5 Å². The monoisotopic (exact) mass is 510 g/mol. The van der Waals surface area contributed by atoms with E-state index in [9.17, 15) is 13.2 Å². The third kappa shape index (κ3) is 3.64. The second-order valence-electron chi connectivity index (χ2n) is 8.99. The van der Waals surface area contributed by atoms with E-state index in [4.69, 9.17) is 5.73 Å². The third-order valence-corrected chi connectivity index (χ3v) is 7.81. The molecule has 0 bridgehead atoms. The molecule has 4 heterocycles. The highest BCUT2D eigenvalue weighted by atomic mass is 32.2. The van der Waals surface area contributed by atoms with Crippen LogP contribution in [0.4, 0.5) is 5.82 Å². The van der Waals surface area contributed by atoms with Crippen LogP contribution in [0.5, 0.6) is 0 Å². The molecule has 1 amide bonds. The van der Waals surface area contributed by atoms with Crippen molar-refractivity contribution in [2.75, 3.05) is 12.0 Å². The summed E-state index contributed by atoms with van der Waals surface area (Å²) in [7, 11) is -3.51. The van der Waals surface area contributed by atoms with E-state index in [1.165, 1.54) is 18.7 Å². The molecular formula is C27H22N6O3S. The minimum Gasteiger partial charge on any atom is -0.383 e. The number of anilines is 1. The Kier molecular flexibility index (Phi) is 5.09. The molecular weight excluding hydrogens is 488 g/mol. The standard InChI is InChI=1S/C27H22N6O3S/c1-3-22(34)32-21-13-33-25(19-11-17(37(2,35)36)8-9-18(19)21)23(24-26(28)30-14-31-27(24)33)16-10-15-6-4-5-7-20(15)29-12-16/h3-12,14,21H,1,13H2,2H3,(H,32,34)(H2,28,30,31). The zero-order valence-corrected chi connectivity index (χ0v) is 20.7. The zero-order chi connectivity index (χ0) is 25.9. The maximum atomic E-state index is 12.5. The number of carbonyl (C=O) groups is 1. The van der Waals surface area contributed by atoms with Crippen LogP contribution < -0.4 is 11.1 Å². The van der Waals surface area contributed by atoms with Crippen LogP contribution in [-0.2, 0) is 21.2 Å². The first-order chi connectivity index (χ1) is 17.8. The van der Waals surface area contributed by atoms with Crippen molar-refractivity contribution in [2.24, 2.45) is 0 Å². The second-order valence-corrected chi connectivity index (χ2v) is 11.0. The predicted molar refractivity (Wildman–Crippen MR) is 142 cm³/mol. The second kappa shape index (κ2) is 8.24. The number of amides is 1. The van der Waals surface area contributed by atoms with Gasteiger partial charge in [0.1, 0.15) is 17.8 Å². The zero-order valence-electron chi connectivity index (χ0n) is 19.8. The summed E-state index contributed by atoms with van der Waals surface area (Å²) < 4.78 is 27.0. The Morgan fingerprint density at radius 2 is 1.97 bits per heavy atom. The molecule has 0 saturated carbocycles. The van der Waals surface area contributed by atoms with Gasteiger partial charge in [-0.05, 0) is 35.9 Å². The van der Waals surface area contributed by atoms with E-state index in [0.29, 0.717) is 29.0 Å². The van der Waals surface area contributed by atoms with Crippen molar-refractivity contribution in [3.63, 3.8) is 0 Å². The van der Waals surface area contributed by atoms with Crippen LogP contribution >= 0.6 is 0 Å². The summed E-state index contributed by atoms with van der Waals surface area (Å²) >= 11 is 0. The number of hydrogen-bond donors (Lipinski definition) is 2. The van der Waals surface area contributed by atoms with Crippen molar-refractivity contribution >= 4 is 43.5 Å². The molecule has 3 aromatic heterocycles. The van der Waals surface area contributed by atoms with Crippen LogP contribution in [0, 0.1) is 0 Å². The predicted octanol–water partition coefficient (Wildman–Crippen LogP) is 3.66. The number of carbonyl (C=O) groups excluding carboxylic acids is 1. The van der Waals surface area contributed by atoms with Crippen molar-refractivity contribution < 1.29 is 13.2 Å². The average molecular weight is 511 g/mol. The number of nitrogen functional groups attached to an aromatic ring is 1. The molecule has 184 valence electrons. The number of pyridine rings is 1. The largest absolute Gasteiger partial charge is 0.383 e. The van der Waals surface area contributed by atoms with Gasteiger partial charge in [0.25, 0.3) is 0 Å². The lowest BCUT2D eigenvalue weighted by Crippen LogP contribution is -2.33. The van der Waals surface area contributed by atoms with Gasteiger partial charge in [-0.2, -0.15) is 0 Å². The summed E-state index contributed by atoms with van der Waals surface area (Å²) in [5.74, 6) is -0.0429. The fourth-order valence-corrected chi connectivity index (χ4v) is 5.70. The van der Waals surface area contributed by atoms with Crippen molar-refractivity contribution in [1.82, 2.24) is 24.8 Å². The maximum absolute atomic E-state index is 12.5. The lowest BCUT2D eigenvalue weighted by Gasteiger charge is -2.29. The number of rotatable bonds is 4. The molecule has 0 spiro atoms. The van der Waals surface area contributed by atoms with Gasteiger partial charge in [-0.25, -0.2) is 18.4 Å². The quantitative estimate of drug-likeness (QED) is 0.353. The highest BCUT2D eigenvalue weighted by Gasteiger charge is 2.33. The highest BCUT2D eigenvalue weighted by Crippen LogP contribution is 2.47. The summed E-state index contributed by atoms with van der Waals surface area (Å²) in [5.41, 5.74) is 11.6. The molecule has 6 rings (SSSR count). The lowest BCUT2D eigenvalue weighted by molar-refractivity contribution is -0.117.